The van der Waals surface area contributed by atoms with Gasteiger partial charge in [-0.1, -0.05) is 0 Å². The average Bonchev–Trinajstić information content (AvgIpc) is 2.48. The van der Waals surface area contributed by atoms with Crippen LogP contribution in [0.1, 0.15) is 15.9 Å². The number of thiophene rings is 1. The van der Waals surface area contributed by atoms with Crippen molar-refractivity contribution in [3.05, 3.63) is 34.5 Å². The van der Waals surface area contributed by atoms with Crippen molar-refractivity contribution in [1.82, 2.24) is 0 Å². The molecule has 0 aliphatic heterocycles. The lowest BCUT2D eigenvalue weighted by atomic mass is 10.1. The Morgan fingerprint density at radius 2 is 2.23 bits per heavy atom. The molecule has 2 rings (SSSR count). The Bertz CT molecular complexity index is 473. The number of hydrogen-bond donors (Lipinski definition) is 0. The number of rotatable bonds is 1. The molecule has 2 aromatic rings. The van der Waals surface area contributed by atoms with Gasteiger partial charge in [-0.25, -0.2) is 4.39 Å². The largest absolute Gasteiger partial charge is 0.298 e. The SMILES string of the molecule is Cc1csc2cc(C=O)cc(F)c12. The highest BCUT2D eigenvalue weighted by molar-refractivity contribution is 7.17. The summed E-state index contributed by atoms with van der Waals surface area (Å²) < 4.78 is 14.2. The molecular weight excluding hydrogens is 187 g/mol. The third-order valence-electron chi connectivity index (χ3n) is 1.97. The van der Waals surface area contributed by atoms with Crippen molar-refractivity contribution in [1.29, 1.82) is 0 Å². The van der Waals surface area contributed by atoms with Crippen LogP contribution in [0.2, 0.25) is 0 Å². The van der Waals surface area contributed by atoms with Crippen molar-refractivity contribution in [3.8, 4) is 0 Å². The molecule has 0 saturated heterocycles. The Balaban J connectivity index is 2.86. The van der Waals surface area contributed by atoms with E-state index in [9.17, 15) is 9.18 Å². The third kappa shape index (κ3) is 1.25. The fourth-order valence-electron chi connectivity index (χ4n) is 1.36. The van der Waals surface area contributed by atoms with Crippen LogP contribution in [0, 0.1) is 12.7 Å². The van der Waals surface area contributed by atoms with E-state index in [1.54, 1.807) is 6.07 Å². The smallest absolute Gasteiger partial charge is 0.150 e. The van der Waals surface area contributed by atoms with Gasteiger partial charge in [0.1, 0.15) is 12.1 Å². The highest BCUT2D eigenvalue weighted by Gasteiger charge is 2.07. The van der Waals surface area contributed by atoms with E-state index in [1.807, 2.05) is 12.3 Å². The summed E-state index contributed by atoms with van der Waals surface area (Å²) in [6.45, 7) is 1.86. The van der Waals surface area contributed by atoms with Crippen LogP contribution in [-0.2, 0) is 0 Å². The van der Waals surface area contributed by atoms with Crippen LogP contribution in [-0.4, -0.2) is 6.29 Å². The lowest BCUT2D eigenvalue weighted by Gasteiger charge is -1.95. The van der Waals surface area contributed by atoms with E-state index in [-0.39, 0.29) is 5.82 Å². The molecule has 0 aliphatic carbocycles. The van der Waals surface area contributed by atoms with E-state index in [4.69, 9.17) is 0 Å². The number of hydrogen-bond acceptors (Lipinski definition) is 2. The molecule has 66 valence electrons. The summed E-state index contributed by atoms with van der Waals surface area (Å²) in [7, 11) is 0. The van der Waals surface area contributed by atoms with Gasteiger partial charge >= 0.3 is 0 Å². The normalized spacial score (nSPS) is 10.6. The van der Waals surface area contributed by atoms with Crippen molar-refractivity contribution in [2.24, 2.45) is 0 Å². The minimum atomic E-state index is -0.307. The van der Waals surface area contributed by atoms with Crippen LogP contribution in [0.15, 0.2) is 17.5 Å². The van der Waals surface area contributed by atoms with Gasteiger partial charge in [-0.3, -0.25) is 4.79 Å². The van der Waals surface area contributed by atoms with Crippen LogP contribution in [0.4, 0.5) is 4.39 Å². The molecule has 0 spiro atoms. The number of halogens is 1. The van der Waals surface area contributed by atoms with Gasteiger partial charge in [0.15, 0.2) is 0 Å². The first-order valence-electron chi connectivity index (χ1n) is 3.85. The van der Waals surface area contributed by atoms with Gasteiger partial charge in [0.05, 0.1) is 0 Å². The maximum atomic E-state index is 13.4. The van der Waals surface area contributed by atoms with Gasteiger partial charge in [-0.15, -0.1) is 11.3 Å². The van der Waals surface area contributed by atoms with Crippen molar-refractivity contribution < 1.29 is 9.18 Å². The summed E-state index contributed by atoms with van der Waals surface area (Å²) in [6.07, 6.45) is 0.664. The van der Waals surface area contributed by atoms with Crippen LogP contribution >= 0.6 is 11.3 Å². The summed E-state index contributed by atoms with van der Waals surface area (Å²) in [5.74, 6) is -0.307. The molecule has 0 aliphatic rings. The lowest BCUT2D eigenvalue weighted by Crippen LogP contribution is -1.83. The van der Waals surface area contributed by atoms with Gasteiger partial charge < -0.3 is 0 Å². The van der Waals surface area contributed by atoms with Crippen LogP contribution in [0.3, 0.4) is 0 Å². The van der Waals surface area contributed by atoms with Crippen molar-refractivity contribution in [2.45, 2.75) is 6.92 Å². The Labute approximate surface area is 78.8 Å². The quantitative estimate of drug-likeness (QED) is 0.637. The molecule has 0 N–H and O–H groups in total. The molecule has 3 heteroatoms. The molecule has 1 heterocycles. The third-order valence-corrected chi connectivity index (χ3v) is 3.02. The van der Waals surface area contributed by atoms with E-state index >= 15 is 0 Å². The molecule has 1 nitrogen and oxygen atoms in total. The number of aryl methyl sites for hydroxylation is 1. The molecule has 0 unspecified atom stereocenters. The Morgan fingerprint density at radius 3 is 2.92 bits per heavy atom. The zero-order chi connectivity index (χ0) is 9.42. The topological polar surface area (TPSA) is 17.1 Å². The van der Waals surface area contributed by atoms with Crippen LogP contribution in [0.5, 0.6) is 0 Å². The van der Waals surface area contributed by atoms with Gasteiger partial charge in [0.2, 0.25) is 0 Å². The second kappa shape index (κ2) is 2.92. The molecule has 0 radical (unpaired) electrons. The Morgan fingerprint density at radius 1 is 1.46 bits per heavy atom. The standard InChI is InChI=1S/C10H7FOS/c1-6-5-13-9-3-7(4-12)2-8(11)10(6)9/h2-5H,1H3. The summed E-state index contributed by atoms with van der Waals surface area (Å²) in [5, 5.41) is 2.53. The molecule has 0 bridgehead atoms. The second-order valence-electron chi connectivity index (χ2n) is 2.91. The number of carbonyl (C=O) groups excluding carboxylic acids is 1. The highest BCUT2D eigenvalue weighted by Crippen LogP contribution is 2.28. The first-order valence-corrected chi connectivity index (χ1v) is 4.73. The van der Waals surface area contributed by atoms with Gasteiger partial charge in [-0.05, 0) is 30.0 Å². The molecule has 1 aromatic carbocycles. The fourth-order valence-corrected chi connectivity index (χ4v) is 2.36. The minimum Gasteiger partial charge on any atom is -0.298 e. The average molecular weight is 194 g/mol. The lowest BCUT2D eigenvalue weighted by molar-refractivity contribution is 0.112. The summed E-state index contributed by atoms with van der Waals surface area (Å²) in [6, 6.07) is 2.98. The van der Waals surface area contributed by atoms with Crippen molar-refractivity contribution in [3.63, 3.8) is 0 Å². The van der Waals surface area contributed by atoms with Crippen molar-refractivity contribution >= 4 is 27.7 Å². The fraction of sp³-hybridized carbons (Fsp3) is 0.100. The van der Waals surface area contributed by atoms with Crippen LogP contribution in [0.25, 0.3) is 10.1 Å². The molecule has 0 amide bonds. The zero-order valence-electron chi connectivity index (χ0n) is 7.00. The maximum Gasteiger partial charge on any atom is 0.150 e. The molecule has 1 aromatic heterocycles. The summed E-state index contributed by atoms with van der Waals surface area (Å²) >= 11 is 1.46. The number of benzene rings is 1. The van der Waals surface area contributed by atoms with E-state index in [1.165, 1.54) is 17.4 Å². The maximum absolute atomic E-state index is 13.4. The van der Waals surface area contributed by atoms with Gasteiger partial charge in [-0.2, -0.15) is 0 Å². The molecule has 0 saturated carbocycles. The predicted octanol–water partition coefficient (Wildman–Crippen LogP) is 3.16. The second-order valence-corrected chi connectivity index (χ2v) is 3.82. The molecule has 13 heavy (non-hydrogen) atoms. The number of fused-ring (bicyclic) bond motifs is 1. The number of aldehydes is 1. The van der Waals surface area contributed by atoms with E-state index in [2.05, 4.69) is 0 Å². The monoisotopic (exact) mass is 194 g/mol. The Hall–Kier alpha value is -1.22. The van der Waals surface area contributed by atoms with E-state index < -0.39 is 0 Å². The van der Waals surface area contributed by atoms with Gasteiger partial charge in [0.25, 0.3) is 0 Å². The first-order chi connectivity index (χ1) is 6.22. The summed E-state index contributed by atoms with van der Waals surface area (Å²) in [5.41, 5.74) is 1.32. The molecular formula is C10H7FOS. The number of carbonyl (C=O) groups is 1. The van der Waals surface area contributed by atoms with Crippen molar-refractivity contribution in [2.75, 3.05) is 0 Å². The Kier molecular flexibility index (Phi) is 1.88. The van der Waals surface area contributed by atoms with Crippen LogP contribution < -0.4 is 0 Å². The first kappa shape index (κ1) is 8.38. The minimum absolute atomic E-state index is 0.307. The molecule has 0 atom stereocenters. The predicted molar refractivity (Wildman–Crippen MR) is 51.9 cm³/mol. The van der Waals surface area contributed by atoms with E-state index in [0.29, 0.717) is 17.2 Å². The molecule has 0 fully saturated rings. The van der Waals surface area contributed by atoms with E-state index in [0.717, 1.165) is 10.3 Å². The highest BCUT2D eigenvalue weighted by atomic mass is 32.1. The summed E-state index contributed by atoms with van der Waals surface area (Å²) in [4.78, 5) is 10.4. The van der Waals surface area contributed by atoms with Gasteiger partial charge in [0, 0.05) is 15.6 Å². The zero-order valence-corrected chi connectivity index (χ0v) is 7.82.